The van der Waals surface area contributed by atoms with Crippen LogP contribution >= 0.6 is 0 Å². The van der Waals surface area contributed by atoms with Crippen LogP contribution in [0.15, 0.2) is 30.3 Å². The van der Waals surface area contributed by atoms with Crippen molar-refractivity contribution in [3.8, 4) is 5.75 Å². The zero-order valence-corrected chi connectivity index (χ0v) is 10.6. The molecule has 1 atom stereocenters. The predicted molar refractivity (Wildman–Crippen MR) is 68.3 cm³/mol. The summed E-state index contributed by atoms with van der Waals surface area (Å²) in [7, 11) is 0. The van der Waals surface area contributed by atoms with E-state index in [-0.39, 0.29) is 12.5 Å². The summed E-state index contributed by atoms with van der Waals surface area (Å²) in [6, 6.07) is 9.25. The lowest BCUT2D eigenvalue weighted by Crippen LogP contribution is -2.58. The van der Waals surface area contributed by atoms with E-state index in [2.05, 4.69) is 5.32 Å². The zero-order valence-electron chi connectivity index (χ0n) is 10.6. The fourth-order valence-electron chi connectivity index (χ4n) is 2.05. The van der Waals surface area contributed by atoms with Crippen LogP contribution in [-0.2, 0) is 4.79 Å². The molecule has 4 nitrogen and oxygen atoms in total. The van der Waals surface area contributed by atoms with E-state index in [1.807, 2.05) is 30.3 Å². The Morgan fingerprint density at radius 2 is 2.11 bits per heavy atom. The summed E-state index contributed by atoms with van der Waals surface area (Å²) >= 11 is 0. The van der Waals surface area contributed by atoms with Crippen LogP contribution in [0.5, 0.6) is 5.75 Å². The summed E-state index contributed by atoms with van der Waals surface area (Å²) in [5.74, 6) is 0.499. The highest BCUT2D eigenvalue weighted by atomic mass is 16.5. The molecule has 98 valence electrons. The fourth-order valence-corrected chi connectivity index (χ4v) is 2.05. The molecule has 1 aromatic rings. The van der Waals surface area contributed by atoms with Gasteiger partial charge in [0.05, 0.1) is 12.1 Å². The average Bonchev–Trinajstić information content (AvgIpc) is 2.34. The van der Waals surface area contributed by atoms with Gasteiger partial charge in [-0.3, -0.25) is 4.79 Å². The highest BCUT2D eigenvalue weighted by molar-refractivity contribution is 5.81. The maximum absolute atomic E-state index is 12.0. The molecule has 2 N–H and O–H groups in total. The topological polar surface area (TPSA) is 58.6 Å². The van der Waals surface area contributed by atoms with Gasteiger partial charge in [0.25, 0.3) is 5.91 Å². The van der Waals surface area contributed by atoms with Gasteiger partial charge in [0.1, 0.15) is 5.75 Å². The van der Waals surface area contributed by atoms with E-state index in [9.17, 15) is 9.90 Å². The van der Waals surface area contributed by atoms with Crippen molar-refractivity contribution in [3.05, 3.63) is 30.3 Å². The Labute approximate surface area is 107 Å². The molecule has 0 radical (unpaired) electrons. The van der Waals surface area contributed by atoms with Crippen LogP contribution < -0.4 is 10.1 Å². The van der Waals surface area contributed by atoms with E-state index in [1.165, 1.54) is 0 Å². The van der Waals surface area contributed by atoms with Gasteiger partial charge in [-0.25, -0.2) is 0 Å². The van der Waals surface area contributed by atoms with Crippen LogP contribution in [-0.4, -0.2) is 29.3 Å². The molecule has 4 heteroatoms. The molecule has 0 bridgehead atoms. The molecule has 0 spiro atoms. The second kappa shape index (κ2) is 5.40. The highest BCUT2D eigenvalue weighted by Gasteiger charge is 2.38. The van der Waals surface area contributed by atoms with E-state index in [4.69, 9.17) is 4.74 Å². The standard InChI is InChI=1S/C14H19NO3/c1-11(18-12-6-3-2-4-7-12)13(17)15-14(10-16)8-5-9-14/h2-4,6-7,11,16H,5,8-10H2,1H3,(H,15,17). The Kier molecular flexibility index (Phi) is 3.87. The summed E-state index contributed by atoms with van der Waals surface area (Å²) in [5.41, 5.74) is -0.411. The maximum atomic E-state index is 12.0. The van der Waals surface area contributed by atoms with Gasteiger partial charge in [-0.1, -0.05) is 18.2 Å². The SMILES string of the molecule is CC(Oc1ccccc1)C(=O)NC1(CO)CCC1. The average molecular weight is 249 g/mol. The van der Waals surface area contributed by atoms with Crippen molar-refractivity contribution < 1.29 is 14.6 Å². The maximum Gasteiger partial charge on any atom is 0.261 e. The number of rotatable bonds is 5. The van der Waals surface area contributed by atoms with Gasteiger partial charge < -0.3 is 15.2 Å². The molecule has 0 heterocycles. The molecule has 1 aromatic carbocycles. The van der Waals surface area contributed by atoms with Crippen LogP contribution in [0.3, 0.4) is 0 Å². The van der Waals surface area contributed by atoms with E-state index < -0.39 is 11.6 Å². The quantitative estimate of drug-likeness (QED) is 0.831. The minimum Gasteiger partial charge on any atom is -0.481 e. The Morgan fingerprint density at radius 3 is 2.61 bits per heavy atom. The molecule has 1 aliphatic carbocycles. The summed E-state index contributed by atoms with van der Waals surface area (Å²) in [6.07, 6.45) is 2.17. The monoisotopic (exact) mass is 249 g/mol. The Morgan fingerprint density at radius 1 is 1.44 bits per heavy atom. The molecule has 1 amide bonds. The van der Waals surface area contributed by atoms with Gasteiger partial charge in [-0.15, -0.1) is 0 Å². The number of amides is 1. The zero-order chi connectivity index (χ0) is 13.0. The van der Waals surface area contributed by atoms with E-state index in [1.54, 1.807) is 6.92 Å². The highest BCUT2D eigenvalue weighted by Crippen LogP contribution is 2.31. The second-order valence-corrected chi connectivity index (χ2v) is 4.85. The number of carbonyl (C=O) groups is 1. The van der Waals surface area contributed by atoms with Gasteiger partial charge in [-0.2, -0.15) is 0 Å². The van der Waals surface area contributed by atoms with Crippen molar-refractivity contribution >= 4 is 5.91 Å². The minimum absolute atomic E-state index is 0.00318. The van der Waals surface area contributed by atoms with E-state index >= 15 is 0 Å². The number of hydrogen-bond acceptors (Lipinski definition) is 3. The van der Waals surface area contributed by atoms with Crippen LogP contribution in [0.1, 0.15) is 26.2 Å². The third kappa shape index (κ3) is 2.82. The van der Waals surface area contributed by atoms with Gasteiger partial charge >= 0.3 is 0 Å². The van der Waals surface area contributed by atoms with Crippen LogP contribution in [0.2, 0.25) is 0 Å². The molecule has 18 heavy (non-hydrogen) atoms. The lowest BCUT2D eigenvalue weighted by atomic mass is 9.77. The molecule has 1 aliphatic rings. The second-order valence-electron chi connectivity index (χ2n) is 4.85. The Hall–Kier alpha value is -1.55. The number of benzene rings is 1. The minimum atomic E-state index is -0.559. The number of carbonyl (C=O) groups excluding carboxylic acids is 1. The van der Waals surface area contributed by atoms with Crippen LogP contribution in [0, 0.1) is 0 Å². The molecular weight excluding hydrogens is 230 g/mol. The molecule has 1 saturated carbocycles. The summed E-state index contributed by atoms with van der Waals surface area (Å²) in [5, 5.41) is 12.2. The first-order valence-electron chi connectivity index (χ1n) is 6.30. The Balaban J connectivity index is 1.89. The van der Waals surface area contributed by atoms with Crippen LogP contribution in [0.4, 0.5) is 0 Å². The molecule has 0 aliphatic heterocycles. The Bertz CT molecular complexity index is 395. The number of ether oxygens (including phenoxy) is 1. The summed E-state index contributed by atoms with van der Waals surface area (Å²) < 4.78 is 5.54. The first-order chi connectivity index (χ1) is 8.65. The van der Waals surface area contributed by atoms with Crippen molar-refractivity contribution in [2.75, 3.05) is 6.61 Å². The van der Waals surface area contributed by atoms with E-state index in [0.29, 0.717) is 5.75 Å². The fraction of sp³-hybridized carbons (Fsp3) is 0.500. The number of aliphatic hydroxyl groups excluding tert-OH is 1. The van der Waals surface area contributed by atoms with E-state index in [0.717, 1.165) is 19.3 Å². The van der Waals surface area contributed by atoms with Crippen molar-refractivity contribution in [3.63, 3.8) is 0 Å². The third-order valence-corrected chi connectivity index (χ3v) is 3.43. The summed E-state index contributed by atoms with van der Waals surface area (Å²) in [4.78, 5) is 12.0. The molecule has 0 aromatic heterocycles. The molecule has 1 fully saturated rings. The van der Waals surface area contributed by atoms with Crippen molar-refractivity contribution in [1.29, 1.82) is 0 Å². The number of nitrogens with one attached hydrogen (secondary N) is 1. The molecule has 1 unspecified atom stereocenters. The lowest BCUT2D eigenvalue weighted by Gasteiger charge is -2.41. The van der Waals surface area contributed by atoms with Crippen LogP contribution in [0.25, 0.3) is 0 Å². The smallest absolute Gasteiger partial charge is 0.261 e. The first-order valence-corrected chi connectivity index (χ1v) is 6.30. The third-order valence-electron chi connectivity index (χ3n) is 3.43. The van der Waals surface area contributed by atoms with Crippen molar-refractivity contribution in [2.24, 2.45) is 0 Å². The lowest BCUT2D eigenvalue weighted by molar-refractivity contribution is -0.131. The van der Waals surface area contributed by atoms with Gasteiger partial charge in [-0.05, 0) is 38.3 Å². The van der Waals surface area contributed by atoms with Gasteiger partial charge in [0.2, 0.25) is 0 Å². The van der Waals surface area contributed by atoms with Crippen molar-refractivity contribution in [1.82, 2.24) is 5.32 Å². The molecule has 0 saturated heterocycles. The normalized spacial score (nSPS) is 18.6. The van der Waals surface area contributed by atoms with Crippen molar-refractivity contribution in [2.45, 2.75) is 37.8 Å². The number of hydrogen-bond donors (Lipinski definition) is 2. The van der Waals surface area contributed by atoms with Gasteiger partial charge in [0.15, 0.2) is 6.10 Å². The number of para-hydroxylation sites is 1. The molecule has 2 rings (SSSR count). The summed E-state index contributed by atoms with van der Waals surface area (Å²) in [6.45, 7) is 1.71. The molecular formula is C14H19NO3. The first kappa shape index (κ1) is 12.9. The number of aliphatic hydroxyl groups is 1. The van der Waals surface area contributed by atoms with Gasteiger partial charge in [0, 0.05) is 0 Å². The largest absolute Gasteiger partial charge is 0.481 e. The predicted octanol–water partition coefficient (Wildman–Crippen LogP) is 1.49.